The lowest BCUT2D eigenvalue weighted by Crippen LogP contribution is -2.31. The molecule has 0 fully saturated rings. The maximum absolute atomic E-state index is 13.7. The fourth-order valence-electron chi connectivity index (χ4n) is 1.68. The number of hydrogen-bond donors (Lipinski definition) is 2. The van der Waals surface area contributed by atoms with Gasteiger partial charge in [-0.2, -0.15) is 0 Å². The first-order chi connectivity index (χ1) is 10.7. The Hall–Kier alpha value is -1.14. The second kappa shape index (κ2) is 11.4. The lowest BCUT2D eigenvalue weighted by molar-refractivity contribution is -0.164. The van der Waals surface area contributed by atoms with Crippen LogP contribution in [0.1, 0.15) is 52.9 Å². The summed E-state index contributed by atoms with van der Waals surface area (Å²) >= 11 is 0. The smallest absolute Gasteiger partial charge is 0.410 e. The molecule has 0 bridgehead atoms. The third kappa shape index (κ3) is 10.3. The molecule has 0 aliphatic rings. The van der Waals surface area contributed by atoms with Gasteiger partial charge < -0.3 is 19.7 Å². The van der Waals surface area contributed by atoms with Crippen molar-refractivity contribution in [1.29, 1.82) is 0 Å². The van der Waals surface area contributed by atoms with Gasteiger partial charge in [0.2, 0.25) is 13.7 Å². The Labute approximate surface area is 136 Å². The van der Waals surface area contributed by atoms with Crippen molar-refractivity contribution in [1.82, 2.24) is 5.32 Å². The summed E-state index contributed by atoms with van der Waals surface area (Å²) in [6.07, 6.45) is -0.257. The van der Waals surface area contributed by atoms with Crippen LogP contribution in [0.4, 0.5) is 9.18 Å². The summed E-state index contributed by atoms with van der Waals surface area (Å²) in [6.45, 7) is 4.90. The Bertz CT molecular complexity index is 420. The number of hydrogen-bond acceptors (Lipinski definition) is 5. The molecule has 2 N–H and O–H groups in total. The van der Waals surface area contributed by atoms with E-state index in [9.17, 15) is 23.4 Å². The molecule has 0 heterocycles. The van der Waals surface area contributed by atoms with E-state index in [0.717, 1.165) is 0 Å². The Kier molecular flexibility index (Phi) is 10.8. The lowest BCUT2D eigenvalue weighted by Gasteiger charge is -2.17. The molecule has 0 saturated heterocycles. The fourth-order valence-corrected chi connectivity index (χ4v) is 3.27. The first-order valence-electron chi connectivity index (χ1n) is 7.82. The molecule has 0 saturated carbocycles. The number of amides is 1. The van der Waals surface area contributed by atoms with Gasteiger partial charge >= 0.3 is 12.1 Å². The molecule has 23 heavy (non-hydrogen) atoms. The summed E-state index contributed by atoms with van der Waals surface area (Å²) in [5.41, 5.74) is 0. The van der Waals surface area contributed by atoms with Crippen LogP contribution < -0.4 is 5.32 Å². The molecule has 0 spiro atoms. The van der Waals surface area contributed by atoms with Crippen molar-refractivity contribution in [3.63, 3.8) is 0 Å². The number of alkyl carbamates (subject to hydrolysis) is 1. The van der Waals surface area contributed by atoms with Gasteiger partial charge in [0.15, 0.2) is 5.91 Å². The van der Waals surface area contributed by atoms with Gasteiger partial charge in [-0.05, 0) is 12.8 Å². The zero-order valence-electron chi connectivity index (χ0n) is 13.9. The molecule has 0 radical (unpaired) electrons. The molecular weight excluding hydrogens is 328 g/mol. The van der Waals surface area contributed by atoms with Crippen molar-refractivity contribution in [2.24, 2.45) is 0 Å². The van der Waals surface area contributed by atoms with Crippen LogP contribution in [0, 0.1) is 0 Å². The zero-order chi connectivity index (χ0) is 17.9. The zero-order valence-corrected chi connectivity index (χ0v) is 14.8. The number of ether oxygens (including phenoxy) is 2. The number of carbonyl (C=O) groups excluding carboxylic acids is 2. The lowest BCUT2D eigenvalue weighted by atomic mass is 10.3. The molecule has 0 aromatic rings. The molecule has 3 atom stereocenters. The van der Waals surface area contributed by atoms with Gasteiger partial charge in [-0.1, -0.05) is 20.3 Å². The number of rotatable bonds is 11. The van der Waals surface area contributed by atoms with Gasteiger partial charge in [0.05, 0.1) is 0 Å². The number of carbonyl (C=O) groups is 2. The normalized spacial score (nSPS) is 16.0. The van der Waals surface area contributed by atoms with Crippen LogP contribution >= 0.6 is 7.37 Å². The summed E-state index contributed by atoms with van der Waals surface area (Å²) in [6, 6.07) is 0. The van der Waals surface area contributed by atoms with E-state index < -0.39 is 31.6 Å². The minimum absolute atomic E-state index is 0.0699. The van der Waals surface area contributed by atoms with Gasteiger partial charge in [0.25, 0.3) is 0 Å². The van der Waals surface area contributed by atoms with Gasteiger partial charge in [0, 0.05) is 32.5 Å². The Morgan fingerprint density at radius 1 is 1.26 bits per heavy atom. The molecule has 1 unspecified atom stereocenters. The van der Waals surface area contributed by atoms with Crippen LogP contribution in [0.3, 0.4) is 0 Å². The number of halogens is 1. The summed E-state index contributed by atoms with van der Waals surface area (Å²) < 4.78 is 34.9. The van der Waals surface area contributed by atoms with E-state index in [-0.39, 0.29) is 25.5 Å². The SMILES string of the molecule is CCCCP(=O)(O)[C@H](F)CCNC(=O)O[C@@H](C)OC(=O)CCC. The van der Waals surface area contributed by atoms with Crippen molar-refractivity contribution >= 4 is 19.4 Å². The van der Waals surface area contributed by atoms with Crippen LogP contribution in [-0.2, 0) is 18.8 Å². The van der Waals surface area contributed by atoms with E-state index in [2.05, 4.69) is 5.32 Å². The van der Waals surface area contributed by atoms with Crippen molar-refractivity contribution in [2.45, 2.75) is 65.1 Å². The van der Waals surface area contributed by atoms with Crippen molar-refractivity contribution in [2.75, 3.05) is 12.7 Å². The highest BCUT2D eigenvalue weighted by Gasteiger charge is 2.29. The summed E-state index contributed by atoms with van der Waals surface area (Å²) in [5, 5.41) is 2.25. The first-order valence-corrected chi connectivity index (χ1v) is 9.73. The fraction of sp³-hybridized carbons (Fsp3) is 0.857. The Morgan fingerprint density at radius 2 is 1.91 bits per heavy atom. The molecule has 1 amide bonds. The van der Waals surface area contributed by atoms with E-state index in [4.69, 9.17) is 9.47 Å². The number of nitrogens with one attached hydrogen (secondary N) is 1. The van der Waals surface area contributed by atoms with Gasteiger partial charge in [-0.15, -0.1) is 0 Å². The van der Waals surface area contributed by atoms with Gasteiger partial charge in [0.1, 0.15) is 0 Å². The van der Waals surface area contributed by atoms with Crippen LogP contribution in [0.25, 0.3) is 0 Å². The van der Waals surface area contributed by atoms with E-state index in [0.29, 0.717) is 19.3 Å². The van der Waals surface area contributed by atoms with Gasteiger partial charge in [-0.25, -0.2) is 9.18 Å². The maximum Gasteiger partial charge on any atom is 0.410 e. The molecule has 0 rings (SSSR count). The monoisotopic (exact) mass is 355 g/mol. The molecule has 136 valence electrons. The van der Waals surface area contributed by atoms with Gasteiger partial charge in [-0.3, -0.25) is 9.36 Å². The summed E-state index contributed by atoms with van der Waals surface area (Å²) in [4.78, 5) is 32.2. The van der Waals surface area contributed by atoms with Crippen molar-refractivity contribution < 1.29 is 32.9 Å². The average molecular weight is 355 g/mol. The molecule has 0 aliphatic heterocycles. The number of alkyl halides is 1. The molecule has 7 nitrogen and oxygen atoms in total. The Balaban J connectivity index is 4.01. The maximum atomic E-state index is 13.7. The van der Waals surface area contributed by atoms with Crippen LogP contribution in [0.15, 0.2) is 0 Å². The average Bonchev–Trinajstić information content (AvgIpc) is 2.44. The van der Waals surface area contributed by atoms with Crippen LogP contribution in [0.5, 0.6) is 0 Å². The predicted octanol–water partition coefficient (Wildman–Crippen LogP) is 3.16. The standard InChI is InChI=1S/C14H27FNO6P/c1-4-6-10-23(19,20)12(15)8-9-16-14(18)22-11(3)21-13(17)7-5-2/h11-12H,4-10H2,1-3H3,(H,16,18)(H,19,20)/t11-,12-/m0/s1. The topological polar surface area (TPSA) is 102 Å². The third-order valence-electron chi connectivity index (χ3n) is 2.95. The second-order valence-corrected chi connectivity index (χ2v) is 7.71. The molecule has 0 aromatic carbocycles. The minimum atomic E-state index is -3.84. The highest BCUT2D eigenvalue weighted by molar-refractivity contribution is 7.58. The van der Waals surface area contributed by atoms with E-state index >= 15 is 0 Å². The van der Waals surface area contributed by atoms with Crippen molar-refractivity contribution in [3.8, 4) is 0 Å². The molecule has 0 aromatic heterocycles. The van der Waals surface area contributed by atoms with Crippen LogP contribution in [0.2, 0.25) is 0 Å². The largest absolute Gasteiger partial charge is 0.425 e. The molecule has 0 aliphatic carbocycles. The van der Waals surface area contributed by atoms with Crippen molar-refractivity contribution in [3.05, 3.63) is 0 Å². The molecular formula is C14H27FNO6P. The first kappa shape index (κ1) is 21.9. The number of unbranched alkanes of at least 4 members (excludes halogenated alkanes) is 1. The van der Waals surface area contributed by atoms with E-state index in [1.54, 1.807) is 0 Å². The van der Waals surface area contributed by atoms with E-state index in [1.165, 1.54) is 6.92 Å². The highest BCUT2D eigenvalue weighted by atomic mass is 31.2. The van der Waals surface area contributed by atoms with Crippen LogP contribution in [-0.4, -0.2) is 41.9 Å². The Morgan fingerprint density at radius 3 is 2.48 bits per heavy atom. The highest BCUT2D eigenvalue weighted by Crippen LogP contribution is 2.49. The predicted molar refractivity (Wildman–Crippen MR) is 84.1 cm³/mol. The second-order valence-electron chi connectivity index (χ2n) is 5.20. The quantitative estimate of drug-likeness (QED) is 0.335. The minimum Gasteiger partial charge on any atom is -0.425 e. The molecule has 9 heteroatoms. The van der Waals surface area contributed by atoms with E-state index in [1.807, 2.05) is 13.8 Å². The summed E-state index contributed by atoms with van der Waals surface area (Å²) in [7, 11) is -3.84. The summed E-state index contributed by atoms with van der Waals surface area (Å²) in [5.74, 6) is -2.36. The number of esters is 1. The third-order valence-corrected chi connectivity index (χ3v) is 5.04.